The van der Waals surface area contributed by atoms with Crippen LogP contribution in [0.1, 0.15) is 17.7 Å². The SMILES string of the molecule is CS(=O)(=O)c1cc(-c2nc(N3CCOCC3)c3sc(CN4CCN(CC5CC5)CC4)cc3n2)c2cc[nH]c2c1. The summed E-state index contributed by atoms with van der Waals surface area (Å²) in [4.78, 5) is 22.3. The molecule has 1 aliphatic carbocycles. The summed E-state index contributed by atoms with van der Waals surface area (Å²) < 4.78 is 31.7. The molecule has 7 rings (SSSR count). The highest BCUT2D eigenvalue weighted by Gasteiger charge is 2.27. The van der Waals surface area contributed by atoms with Crippen molar-refractivity contribution in [2.45, 2.75) is 24.3 Å². The third-order valence-electron chi connectivity index (χ3n) is 8.08. The minimum atomic E-state index is -3.40. The first-order valence-corrected chi connectivity index (χ1v) is 16.5. The van der Waals surface area contributed by atoms with E-state index in [0.717, 1.165) is 84.2 Å². The van der Waals surface area contributed by atoms with Crippen LogP contribution in [0.15, 0.2) is 35.4 Å². The van der Waals surface area contributed by atoms with Crippen LogP contribution in [-0.2, 0) is 21.1 Å². The lowest BCUT2D eigenvalue weighted by molar-refractivity contribution is 0.122. The molecular formula is C28H34N6O3S2. The smallest absolute Gasteiger partial charge is 0.175 e. The van der Waals surface area contributed by atoms with E-state index in [-0.39, 0.29) is 4.90 Å². The summed E-state index contributed by atoms with van der Waals surface area (Å²) in [6.07, 6.45) is 5.88. The summed E-state index contributed by atoms with van der Waals surface area (Å²) in [5.74, 6) is 2.41. The third-order valence-corrected chi connectivity index (χ3v) is 10.3. The average molecular weight is 567 g/mol. The van der Waals surface area contributed by atoms with Gasteiger partial charge in [0.25, 0.3) is 0 Å². The second kappa shape index (κ2) is 10.1. The molecule has 3 fully saturated rings. The normalized spacial score (nSPS) is 19.9. The molecule has 0 atom stereocenters. The topological polar surface area (TPSA) is 94.7 Å². The molecule has 1 saturated carbocycles. The van der Waals surface area contributed by atoms with Crippen LogP contribution in [0.3, 0.4) is 0 Å². The molecule has 2 aliphatic heterocycles. The third kappa shape index (κ3) is 5.30. The number of ether oxygens (including phenoxy) is 1. The number of nitrogens with zero attached hydrogens (tertiary/aromatic N) is 5. The molecule has 5 heterocycles. The Balaban J connectivity index is 1.25. The van der Waals surface area contributed by atoms with E-state index in [1.807, 2.05) is 12.3 Å². The number of rotatable bonds is 7. The number of anilines is 1. The summed E-state index contributed by atoms with van der Waals surface area (Å²) in [7, 11) is -3.40. The second-order valence-electron chi connectivity index (χ2n) is 11.1. The number of thiophene rings is 1. The molecule has 0 amide bonds. The molecule has 3 aliphatic rings. The first kappa shape index (κ1) is 25.4. The first-order chi connectivity index (χ1) is 18.9. The van der Waals surface area contributed by atoms with E-state index in [4.69, 9.17) is 14.7 Å². The van der Waals surface area contributed by atoms with Crippen molar-refractivity contribution in [3.8, 4) is 11.4 Å². The van der Waals surface area contributed by atoms with Gasteiger partial charge >= 0.3 is 0 Å². The van der Waals surface area contributed by atoms with Crippen molar-refractivity contribution < 1.29 is 13.2 Å². The van der Waals surface area contributed by atoms with Crippen molar-refractivity contribution in [3.05, 3.63) is 35.3 Å². The van der Waals surface area contributed by atoms with E-state index in [1.54, 1.807) is 23.5 Å². The molecule has 0 spiro atoms. The van der Waals surface area contributed by atoms with Crippen molar-refractivity contribution in [1.29, 1.82) is 0 Å². The lowest BCUT2D eigenvalue weighted by Crippen LogP contribution is -2.46. The second-order valence-corrected chi connectivity index (χ2v) is 14.3. The number of aromatic nitrogens is 3. The van der Waals surface area contributed by atoms with Crippen molar-refractivity contribution in [3.63, 3.8) is 0 Å². The minimum Gasteiger partial charge on any atom is -0.378 e. The van der Waals surface area contributed by atoms with Crippen molar-refractivity contribution in [2.24, 2.45) is 5.92 Å². The van der Waals surface area contributed by atoms with E-state index in [1.165, 1.54) is 30.5 Å². The Labute approximate surface area is 232 Å². The Bertz CT molecular complexity index is 1610. The molecule has 1 aromatic carbocycles. The number of sulfone groups is 1. The van der Waals surface area contributed by atoms with Gasteiger partial charge in [0.2, 0.25) is 0 Å². The van der Waals surface area contributed by atoms with Crippen LogP contribution in [0.25, 0.3) is 32.5 Å². The summed E-state index contributed by atoms with van der Waals surface area (Å²) in [6, 6.07) is 7.56. The molecule has 9 nitrogen and oxygen atoms in total. The predicted octanol–water partition coefficient (Wildman–Crippen LogP) is 3.61. The van der Waals surface area contributed by atoms with Crippen LogP contribution in [-0.4, -0.2) is 98.5 Å². The number of hydrogen-bond donors (Lipinski definition) is 1. The maximum atomic E-state index is 12.5. The summed E-state index contributed by atoms with van der Waals surface area (Å²) in [5.41, 5.74) is 2.41. The number of morpholine rings is 1. The molecule has 0 unspecified atom stereocenters. The number of benzene rings is 1. The van der Waals surface area contributed by atoms with Crippen molar-refractivity contribution >= 4 is 48.1 Å². The average Bonchev–Trinajstić information content (AvgIpc) is 3.45. The molecule has 39 heavy (non-hydrogen) atoms. The zero-order valence-corrected chi connectivity index (χ0v) is 23.9. The van der Waals surface area contributed by atoms with Crippen LogP contribution in [0, 0.1) is 5.92 Å². The summed E-state index contributed by atoms with van der Waals surface area (Å²) >= 11 is 1.78. The molecule has 3 aromatic heterocycles. The Morgan fingerprint density at radius 2 is 1.79 bits per heavy atom. The van der Waals surface area contributed by atoms with E-state index < -0.39 is 9.84 Å². The molecule has 4 aromatic rings. The molecule has 2 saturated heterocycles. The monoisotopic (exact) mass is 566 g/mol. The zero-order chi connectivity index (χ0) is 26.6. The maximum absolute atomic E-state index is 12.5. The number of hydrogen-bond acceptors (Lipinski definition) is 9. The van der Waals surface area contributed by atoms with E-state index in [2.05, 4.69) is 25.8 Å². The van der Waals surface area contributed by atoms with Crippen molar-refractivity contribution in [2.75, 3.05) is 70.2 Å². The summed E-state index contributed by atoms with van der Waals surface area (Å²) in [5, 5.41) is 0.911. The standard InChI is InChI=1S/C28H34N6O3S2/c1-39(35,36)21-15-23(22-4-5-29-24(22)16-21)27-30-25-14-20(18-33-8-6-32(7-9-33)17-19-2-3-19)38-26(25)28(31-27)34-10-12-37-13-11-34/h4-5,14-16,19,29H,2-3,6-13,17-18H2,1H3. The quantitative estimate of drug-likeness (QED) is 0.363. The predicted molar refractivity (Wildman–Crippen MR) is 155 cm³/mol. The van der Waals surface area contributed by atoms with Gasteiger partial charge in [0.15, 0.2) is 21.5 Å². The number of fused-ring (bicyclic) bond motifs is 2. The fraction of sp³-hybridized carbons (Fsp3) is 0.500. The Kier molecular flexibility index (Phi) is 6.59. The molecule has 11 heteroatoms. The fourth-order valence-electron chi connectivity index (χ4n) is 5.71. The largest absolute Gasteiger partial charge is 0.378 e. The van der Waals surface area contributed by atoms with E-state index in [0.29, 0.717) is 19.0 Å². The number of aromatic amines is 1. The number of piperazine rings is 1. The molecule has 0 radical (unpaired) electrons. The molecular weight excluding hydrogens is 532 g/mol. The van der Waals surface area contributed by atoms with Crippen LogP contribution < -0.4 is 4.90 Å². The minimum absolute atomic E-state index is 0.260. The highest BCUT2D eigenvalue weighted by atomic mass is 32.2. The van der Waals surface area contributed by atoms with Crippen LogP contribution in [0.5, 0.6) is 0 Å². The fourth-order valence-corrected chi connectivity index (χ4v) is 7.53. The Morgan fingerprint density at radius 3 is 2.54 bits per heavy atom. The van der Waals surface area contributed by atoms with Gasteiger partial charge in [0.05, 0.1) is 28.3 Å². The van der Waals surface area contributed by atoms with Gasteiger partial charge in [-0.25, -0.2) is 18.4 Å². The first-order valence-electron chi connectivity index (χ1n) is 13.8. The van der Waals surface area contributed by atoms with Gasteiger partial charge in [0.1, 0.15) is 0 Å². The van der Waals surface area contributed by atoms with Gasteiger partial charge in [-0.1, -0.05) is 0 Å². The van der Waals surface area contributed by atoms with Gasteiger partial charge in [0, 0.05) is 86.2 Å². The van der Waals surface area contributed by atoms with Crippen LogP contribution in [0.4, 0.5) is 5.82 Å². The Morgan fingerprint density at radius 1 is 1.03 bits per heavy atom. The highest BCUT2D eigenvalue weighted by Crippen LogP contribution is 2.37. The lowest BCUT2D eigenvalue weighted by atomic mass is 10.1. The molecule has 206 valence electrons. The van der Waals surface area contributed by atoms with Gasteiger partial charge in [-0.3, -0.25) is 4.90 Å². The lowest BCUT2D eigenvalue weighted by Gasteiger charge is -2.34. The van der Waals surface area contributed by atoms with Gasteiger partial charge in [-0.2, -0.15) is 0 Å². The highest BCUT2D eigenvalue weighted by molar-refractivity contribution is 7.90. The molecule has 1 N–H and O–H groups in total. The van der Waals surface area contributed by atoms with Gasteiger partial charge in [-0.15, -0.1) is 11.3 Å². The maximum Gasteiger partial charge on any atom is 0.175 e. The number of nitrogens with one attached hydrogen (secondary N) is 1. The zero-order valence-electron chi connectivity index (χ0n) is 22.2. The van der Waals surface area contributed by atoms with Crippen LogP contribution in [0.2, 0.25) is 0 Å². The van der Waals surface area contributed by atoms with Crippen molar-refractivity contribution in [1.82, 2.24) is 24.8 Å². The number of H-pyrrole nitrogens is 1. The Hall–Kier alpha value is -2.57. The van der Waals surface area contributed by atoms with Crippen LogP contribution >= 0.6 is 11.3 Å². The summed E-state index contributed by atoms with van der Waals surface area (Å²) in [6.45, 7) is 9.53. The van der Waals surface area contributed by atoms with Gasteiger partial charge in [-0.05, 0) is 43.0 Å². The van der Waals surface area contributed by atoms with Gasteiger partial charge < -0.3 is 19.5 Å². The van der Waals surface area contributed by atoms with E-state index >= 15 is 0 Å². The molecule has 0 bridgehead atoms. The van der Waals surface area contributed by atoms with E-state index in [9.17, 15) is 8.42 Å².